The molecule has 7 nitrogen and oxygen atoms in total. The van der Waals surface area contributed by atoms with Crippen molar-refractivity contribution >= 4 is 19.2 Å². The van der Waals surface area contributed by atoms with Gasteiger partial charge in [-0.25, -0.2) is 14.8 Å². The molecule has 0 amide bonds. The molecule has 0 unspecified atom stereocenters. The maximum absolute atomic E-state index is 11.3. The average molecular weight is 319 g/mol. The summed E-state index contributed by atoms with van der Waals surface area (Å²) < 4.78 is 16.5. The van der Waals surface area contributed by atoms with Crippen LogP contribution in [0, 0.1) is 0 Å². The van der Waals surface area contributed by atoms with Crippen LogP contribution in [-0.2, 0) is 14.0 Å². The number of nitrogens with zero attached hydrogens (tertiary/aromatic N) is 2. The Labute approximate surface area is 136 Å². The molecule has 2 heterocycles. The summed E-state index contributed by atoms with van der Waals surface area (Å²) in [6, 6.07) is 0. The smallest absolute Gasteiger partial charge is 0.463 e. The minimum atomic E-state index is -0.578. The molecule has 1 aliphatic heterocycles. The molecule has 2 N–H and O–H groups in total. The molecule has 1 aromatic rings. The molecule has 23 heavy (non-hydrogen) atoms. The third-order valence-corrected chi connectivity index (χ3v) is 4.18. The van der Waals surface area contributed by atoms with Gasteiger partial charge in [-0.3, -0.25) is 0 Å². The Bertz CT molecular complexity index is 598. The maximum Gasteiger partial charge on any atom is 0.491 e. The van der Waals surface area contributed by atoms with Crippen molar-refractivity contribution in [2.45, 2.75) is 38.9 Å². The minimum absolute atomic E-state index is 0.00887. The first kappa shape index (κ1) is 17.6. The van der Waals surface area contributed by atoms with Gasteiger partial charge in [0, 0.05) is 24.5 Å². The standard InChI is InChI=1S/C15H22BN3O4/c1-14(2)15(3,4)23-16(22-14)11(7-17)6-10-8-18-12(19-9-10)13(20)21-5/h6,8-9H,7,17H2,1-5H3. The summed E-state index contributed by atoms with van der Waals surface area (Å²) in [5.41, 5.74) is 6.44. The molecule has 124 valence electrons. The molecule has 0 spiro atoms. The van der Waals surface area contributed by atoms with Crippen molar-refractivity contribution in [2.75, 3.05) is 13.7 Å². The quantitative estimate of drug-likeness (QED) is 0.658. The van der Waals surface area contributed by atoms with Crippen LogP contribution in [0.1, 0.15) is 43.9 Å². The van der Waals surface area contributed by atoms with Crippen LogP contribution < -0.4 is 5.73 Å². The zero-order valence-corrected chi connectivity index (χ0v) is 14.1. The van der Waals surface area contributed by atoms with Gasteiger partial charge >= 0.3 is 13.1 Å². The van der Waals surface area contributed by atoms with Crippen molar-refractivity contribution < 1.29 is 18.8 Å². The Morgan fingerprint density at radius 3 is 2.22 bits per heavy atom. The topological polar surface area (TPSA) is 96.6 Å². The fourth-order valence-corrected chi connectivity index (χ4v) is 2.04. The summed E-state index contributed by atoms with van der Waals surface area (Å²) in [6.45, 7) is 8.20. The van der Waals surface area contributed by atoms with Crippen LogP contribution in [0.3, 0.4) is 0 Å². The second-order valence-electron chi connectivity index (χ2n) is 6.34. The number of esters is 1. The molecule has 2 rings (SSSR count). The first-order valence-corrected chi connectivity index (χ1v) is 7.36. The van der Waals surface area contributed by atoms with E-state index in [2.05, 4.69) is 14.7 Å². The molecular weight excluding hydrogens is 297 g/mol. The zero-order valence-electron chi connectivity index (χ0n) is 14.1. The highest BCUT2D eigenvalue weighted by molar-refractivity contribution is 6.55. The Hall–Kier alpha value is -1.77. The van der Waals surface area contributed by atoms with E-state index in [9.17, 15) is 4.79 Å². The van der Waals surface area contributed by atoms with E-state index in [0.717, 1.165) is 5.47 Å². The van der Waals surface area contributed by atoms with Gasteiger partial charge in [-0.05, 0) is 33.2 Å². The molecule has 0 bridgehead atoms. The number of carbonyl (C=O) groups is 1. The Balaban J connectivity index is 2.21. The molecule has 0 atom stereocenters. The molecule has 0 saturated carbocycles. The van der Waals surface area contributed by atoms with E-state index in [-0.39, 0.29) is 12.4 Å². The van der Waals surface area contributed by atoms with E-state index in [0.29, 0.717) is 5.56 Å². The van der Waals surface area contributed by atoms with E-state index >= 15 is 0 Å². The minimum Gasteiger partial charge on any atom is -0.463 e. The van der Waals surface area contributed by atoms with Crippen LogP contribution in [0.2, 0.25) is 0 Å². The van der Waals surface area contributed by atoms with Crippen molar-refractivity contribution in [1.29, 1.82) is 0 Å². The largest absolute Gasteiger partial charge is 0.491 e. The SMILES string of the molecule is COC(=O)c1ncc(C=C(CN)B2OC(C)(C)C(C)(C)O2)cn1. The molecule has 1 aliphatic rings. The fourth-order valence-electron chi connectivity index (χ4n) is 2.04. The monoisotopic (exact) mass is 319 g/mol. The number of carbonyl (C=O) groups excluding carboxylic acids is 1. The first-order chi connectivity index (χ1) is 10.7. The molecule has 1 fully saturated rings. The van der Waals surface area contributed by atoms with Gasteiger partial charge in [0.1, 0.15) is 0 Å². The number of aromatic nitrogens is 2. The van der Waals surface area contributed by atoms with Crippen LogP contribution in [0.5, 0.6) is 0 Å². The molecule has 0 aromatic carbocycles. The van der Waals surface area contributed by atoms with Crippen LogP contribution in [0.4, 0.5) is 0 Å². The summed E-state index contributed by atoms with van der Waals surface area (Å²) in [7, 11) is 0.759. The lowest BCUT2D eigenvalue weighted by molar-refractivity contribution is 0.00578. The number of nitrogens with two attached hydrogens (primary N) is 1. The van der Waals surface area contributed by atoms with Crippen LogP contribution in [0.25, 0.3) is 6.08 Å². The second kappa shape index (κ2) is 6.39. The van der Waals surface area contributed by atoms with Gasteiger partial charge in [0.2, 0.25) is 5.82 Å². The van der Waals surface area contributed by atoms with Crippen molar-refractivity contribution in [3.05, 3.63) is 29.3 Å². The highest BCUT2D eigenvalue weighted by Gasteiger charge is 2.52. The fraction of sp³-hybridized carbons (Fsp3) is 0.533. The predicted molar refractivity (Wildman–Crippen MR) is 86.5 cm³/mol. The average Bonchev–Trinajstić information content (AvgIpc) is 2.72. The van der Waals surface area contributed by atoms with E-state index in [1.165, 1.54) is 19.5 Å². The lowest BCUT2D eigenvalue weighted by Crippen LogP contribution is -2.41. The van der Waals surface area contributed by atoms with Gasteiger partial charge in [0.25, 0.3) is 0 Å². The van der Waals surface area contributed by atoms with Gasteiger partial charge in [0.15, 0.2) is 0 Å². The number of ether oxygens (including phenoxy) is 1. The number of methoxy groups -OCH3 is 1. The number of hydrogen-bond donors (Lipinski definition) is 1. The number of hydrogen-bond acceptors (Lipinski definition) is 7. The van der Waals surface area contributed by atoms with E-state index in [1.807, 2.05) is 33.8 Å². The summed E-state index contributed by atoms with van der Waals surface area (Å²) in [6.07, 6.45) is 4.86. The van der Waals surface area contributed by atoms with Gasteiger partial charge in [-0.1, -0.05) is 6.08 Å². The third kappa shape index (κ3) is 3.60. The molecule has 1 saturated heterocycles. The van der Waals surface area contributed by atoms with Crippen molar-refractivity contribution in [2.24, 2.45) is 5.73 Å². The summed E-state index contributed by atoms with van der Waals surface area (Å²) in [5.74, 6) is -0.569. The van der Waals surface area contributed by atoms with Crippen molar-refractivity contribution in [3.8, 4) is 0 Å². The van der Waals surface area contributed by atoms with Crippen molar-refractivity contribution in [1.82, 2.24) is 9.97 Å². The first-order valence-electron chi connectivity index (χ1n) is 7.36. The van der Waals surface area contributed by atoms with E-state index in [4.69, 9.17) is 15.0 Å². The normalized spacial score (nSPS) is 19.7. The Kier molecular flexibility index (Phi) is 4.88. The van der Waals surface area contributed by atoms with E-state index < -0.39 is 24.3 Å². The molecular formula is C15H22BN3O4. The lowest BCUT2D eigenvalue weighted by Gasteiger charge is -2.32. The summed E-state index contributed by atoms with van der Waals surface area (Å²) in [5, 5.41) is 0. The molecule has 0 radical (unpaired) electrons. The van der Waals surface area contributed by atoms with Gasteiger partial charge in [-0.15, -0.1) is 0 Å². The third-order valence-electron chi connectivity index (χ3n) is 4.18. The van der Waals surface area contributed by atoms with Gasteiger partial charge in [-0.2, -0.15) is 0 Å². The highest BCUT2D eigenvalue weighted by Crippen LogP contribution is 2.38. The molecule has 8 heteroatoms. The lowest BCUT2D eigenvalue weighted by atomic mass is 9.77. The Morgan fingerprint density at radius 1 is 1.26 bits per heavy atom. The number of rotatable bonds is 4. The van der Waals surface area contributed by atoms with E-state index in [1.54, 1.807) is 0 Å². The molecule has 0 aliphatic carbocycles. The van der Waals surface area contributed by atoms with Crippen LogP contribution >= 0.6 is 0 Å². The van der Waals surface area contributed by atoms with Gasteiger partial charge in [0.05, 0.1) is 18.3 Å². The van der Waals surface area contributed by atoms with Crippen LogP contribution in [0.15, 0.2) is 17.9 Å². The maximum atomic E-state index is 11.3. The highest BCUT2D eigenvalue weighted by atomic mass is 16.7. The molecule has 1 aromatic heterocycles. The Morgan fingerprint density at radius 2 is 1.78 bits per heavy atom. The summed E-state index contributed by atoms with van der Waals surface area (Å²) >= 11 is 0. The van der Waals surface area contributed by atoms with Gasteiger partial charge < -0.3 is 19.8 Å². The predicted octanol–water partition coefficient (Wildman–Crippen LogP) is 1.24. The van der Waals surface area contributed by atoms with Crippen LogP contribution in [-0.4, -0.2) is 47.9 Å². The summed E-state index contributed by atoms with van der Waals surface area (Å²) in [4.78, 5) is 19.3. The van der Waals surface area contributed by atoms with Crippen molar-refractivity contribution in [3.63, 3.8) is 0 Å². The second-order valence-corrected chi connectivity index (χ2v) is 6.34. The zero-order chi connectivity index (χ0) is 17.3.